The van der Waals surface area contributed by atoms with Crippen molar-refractivity contribution < 1.29 is 9.59 Å². The number of aryl methyl sites for hydroxylation is 1. The molecule has 2 aromatic heterocycles. The standard InChI is InChI=1S/C25H24N6O2/c1-15-4-2-3-5-20(15)25(33)27-13-16-6-8-17(9-7-16)22-21-23(26)28-14-29-24(21)31(30-22)18-10-11-19(32)12-18/h2-9,14,18H,10-13H2,1H3,(H,27,33)(H2,26,28,29). The van der Waals surface area contributed by atoms with Crippen molar-refractivity contribution in [3.05, 3.63) is 71.5 Å². The van der Waals surface area contributed by atoms with E-state index in [1.807, 2.05) is 60.1 Å². The minimum atomic E-state index is -0.0991. The zero-order valence-electron chi connectivity index (χ0n) is 18.3. The Labute approximate surface area is 190 Å². The predicted molar refractivity (Wildman–Crippen MR) is 125 cm³/mol. The number of carbonyl (C=O) groups is 2. The van der Waals surface area contributed by atoms with E-state index in [1.165, 1.54) is 6.33 Å². The van der Waals surface area contributed by atoms with E-state index in [1.54, 1.807) is 0 Å². The molecule has 1 fully saturated rings. The van der Waals surface area contributed by atoms with Crippen molar-refractivity contribution >= 4 is 28.5 Å². The maximum Gasteiger partial charge on any atom is 0.251 e. The molecule has 1 amide bonds. The van der Waals surface area contributed by atoms with Crippen molar-refractivity contribution in [2.75, 3.05) is 5.73 Å². The molecule has 1 unspecified atom stereocenters. The fourth-order valence-corrected chi connectivity index (χ4v) is 4.34. The van der Waals surface area contributed by atoms with E-state index in [9.17, 15) is 9.59 Å². The van der Waals surface area contributed by atoms with Crippen LogP contribution in [0.2, 0.25) is 0 Å². The number of benzene rings is 2. The first-order valence-electron chi connectivity index (χ1n) is 10.9. The highest BCUT2D eigenvalue weighted by Gasteiger charge is 2.28. The first-order chi connectivity index (χ1) is 16.0. The Balaban J connectivity index is 1.40. The van der Waals surface area contributed by atoms with Crippen LogP contribution in [0.3, 0.4) is 0 Å². The van der Waals surface area contributed by atoms with E-state index in [-0.39, 0.29) is 17.7 Å². The highest BCUT2D eigenvalue weighted by atomic mass is 16.1. The van der Waals surface area contributed by atoms with Crippen molar-refractivity contribution in [1.29, 1.82) is 0 Å². The topological polar surface area (TPSA) is 116 Å². The molecule has 1 atom stereocenters. The van der Waals surface area contributed by atoms with Crippen molar-refractivity contribution in [1.82, 2.24) is 25.1 Å². The number of nitrogens with zero attached hydrogens (tertiary/aromatic N) is 4. The Morgan fingerprint density at radius 1 is 1.15 bits per heavy atom. The van der Waals surface area contributed by atoms with Gasteiger partial charge in [0.2, 0.25) is 0 Å². The number of nitrogen functional groups attached to an aromatic ring is 1. The molecule has 0 spiro atoms. The number of anilines is 1. The number of fused-ring (bicyclic) bond motifs is 1. The molecule has 2 aromatic carbocycles. The predicted octanol–water partition coefficient (Wildman–Crippen LogP) is 3.61. The second-order valence-corrected chi connectivity index (χ2v) is 8.38. The van der Waals surface area contributed by atoms with Gasteiger partial charge in [0.05, 0.1) is 11.4 Å². The molecule has 2 heterocycles. The number of amides is 1. The molecular formula is C25H24N6O2. The minimum absolute atomic E-state index is 0.0148. The summed E-state index contributed by atoms with van der Waals surface area (Å²) >= 11 is 0. The average molecular weight is 441 g/mol. The molecule has 0 saturated heterocycles. The van der Waals surface area contributed by atoms with Gasteiger partial charge in [-0.15, -0.1) is 0 Å². The summed E-state index contributed by atoms with van der Waals surface area (Å²) in [6.45, 7) is 2.34. The minimum Gasteiger partial charge on any atom is -0.383 e. The van der Waals surface area contributed by atoms with E-state index in [2.05, 4.69) is 15.3 Å². The van der Waals surface area contributed by atoms with Gasteiger partial charge in [0, 0.05) is 30.5 Å². The Morgan fingerprint density at radius 3 is 2.67 bits per heavy atom. The maximum absolute atomic E-state index is 12.5. The van der Waals surface area contributed by atoms with Crippen molar-refractivity contribution in [3.63, 3.8) is 0 Å². The van der Waals surface area contributed by atoms with E-state index in [0.29, 0.717) is 47.5 Å². The number of hydrogen-bond acceptors (Lipinski definition) is 6. The summed E-state index contributed by atoms with van der Waals surface area (Å²) in [5, 5.41) is 8.46. The van der Waals surface area contributed by atoms with Gasteiger partial charge < -0.3 is 11.1 Å². The van der Waals surface area contributed by atoms with Crippen LogP contribution in [0.5, 0.6) is 0 Å². The molecule has 4 aromatic rings. The van der Waals surface area contributed by atoms with Crippen LogP contribution >= 0.6 is 0 Å². The fraction of sp³-hybridized carbons (Fsp3) is 0.240. The molecule has 5 rings (SSSR count). The molecule has 1 aliphatic rings. The van der Waals surface area contributed by atoms with Crippen molar-refractivity contribution in [3.8, 4) is 11.3 Å². The summed E-state index contributed by atoms with van der Waals surface area (Å²) in [5.41, 5.74) is 11.0. The second-order valence-electron chi connectivity index (χ2n) is 8.38. The van der Waals surface area contributed by atoms with Crippen LogP contribution in [-0.4, -0.2) is 31.4 Å². The second kappa shape index (κ2) is 8.46. The van der Waals surface area contributed by atoms with Gasteiger partial charge in [-0.2, -0.15) is 5.10 Å². The van der Waals surface area contributed by atoms with Crippen LogP contribution in [-0.2, 0) is 11.3 Å². The number of nitrogens with one attached hydrogen (secondary N) is 1. The molecule has 0 bridgehead atoms. The molecule has 166 valence electrons. The van der Waals surface area contributed by atoms with Gasteiger partial charge in [-0.05, 0) is 30.5 Å². The zero-order valence-corrected chi connectivity index (χ0v) is 18.3. The molecule has 0 aliphatic heterocycles. The lowest BCUT2D eigenvalue weighted by Gasteiger charge is -2.09. The van der Waals surface area contributed by atoms with E-state index in [0.717, 1.165) is 23.1 Å². The lowest BCUT2D eigenvalue weighted by molar-refractivity contribution is -0.117. The highest BCUT2D eigenvalue weighted by Crippen LogP contribution is 2.35. The smallest absolute Gasteiger partial charge is 0.251 e. The van der Waals surface area contributed by atoms with Crippen molar-refractivity contribution in [2.24, 2.45) is 0 Å². The van der Waals surface area contributed by atoms with Gasteiger partial charge in [-0.3, -0.25) is 9.59 Å². The SMILES string of the molecule is Cc1ccccc1C(=O)NCc1ccc(-c2nn(C3CCC(=O)C3)c3ncnc(N)c23)cc1. The first-order valence-corrected chi connectivity index (χ1v) is 10.9. The number of rotatable bonds is 5. The molecular weight excluding hydrogens is 416 g/mol. The molecule has 1 saturated carbocycles. The lowest BCUT2D eigenvalue weighted by Crippen LogP contribution is -2.23. The number of carbonyl (C=O) groups excluding carboxylic acids is 2. The Hall–Kier alpha value is -4.07. The van der Waals surface area contributed by atoms with Crippen LogP contribution in [0.15, 0.2) is 54.9 Å². The molecule has 8 heteroatoms. The quantitative estimate of drug-likeness (QED) is 0.490. The Kier molecular flexibility index (Phi) is 5.34. The average Bonchev–Trinajstić information content (AvgIpc) is 3.42. The summed E-state index contributed by atoms with van der Waals surface area (Å²) in [6.07, 6.45) is 3.19. The molecule has 0 radical (unpaired) electrons. The molecule has 1 aliphatic carbocycles. The fourth-order valence-electron chi connectivity index (χ4n) is 4.34. The van der Waals surface area contributed by atoms with Gasteiger partial charge in [0.1, 0.15) is 23.6 Å². The first kappa shape index (κ1) is 20.8. The van der Waals surface area contributed by atoms with Crippen molar-refractivity contribution in [2.45, 2.75) is 38.8 Å². The van der Waals surface area contributed by atoms with Crippen LogP contribution in [0.1, 0.15) is 46.8 Å². The van der Waals surface area contributed by atoms with Crippen LogP contribution in [0.4, 0.5) is 5.82 Å². The third-order valence-corrected chi connectivity index (χ3v) is 6.15. The summed E-state index contributed by atoms with van der Waals surface area (Å²) < 4.78 is 1.82. The zero-order chi connectivity index (χ0) is 22.9. The van der Waals surface area contributed by atoms with E-state index >= 15 is 0 Å². The normalized spacial score (nSPS) is 15.8. The largest absolute Gasteiger partial charge is 0.383 e. The molecule has 3 N–H and O–H groups in total. The number of hydrogen-bond donors (Lipinski definition) is 2. The van der Waals surface area contributed by atoms with Crippen LogP contribution < -0.4 is 11.1 Å². The maximum atomic E-state index is 12.5. The molecule has 33 heavy (non-hydrogen) atoms. The highest BCUT2D eigenvalue weighted by molar-refractivity contribution is 5.98. The Morgan fingerprint density at radius 2 is 1.94 bits per heavy atom. The molecule has 8 nitrogen and oxygen atoms in total. The van der Waals surface area contributed by atoms with Gasteiger partial charge in [0.15, 0.2) is 5.65 Å². The van der Waals surface area contributed by atoms with Gasteiger partial charge in [0.25, 0.3) is 5.91 Å². The number of ketones is 1. The number of aromatic nitrogens is 4. The Bertz CT molecular complexity index is 1360. The lowest BCUT2D eigenvalue weighted by atomic mass is 10.1. The number of Topliss-reactive ketones (excluding diaryl/α,β-unsaturated/α-hetero) is 1. The summed E-state index contributed by atoms with van der Waals surface area (Å²) in [6, 6.07) is 15.3. The third-order valence-electron chi connectivity index (χ3n) is 6.15. The van der Waals surface area contributed by atoms with E-state index in [4.69, 9.17) is 10.8 Å². The van der Waals surface area contributed by atoms with Gasteiger partial charge >= 0.3 is 0 Å². The summed E-state index contributed by atoms with van der Waals surface area (Å²) in [5.74, 6) is 0.502. The van der Waals surface area contributed by atoms with Gasteiger partial charge in [-0.25, -0.2) is 14.6 Å². The monoisotopic (exact) mass is 440 g/mol. The van der Waals surface area contributed by atoms with Crippen LogP contribution in [0, 0.1) is 6.92 Å². The van der Waals surface area contributed by atoms with Crippen LogP contribution in [0.25, 0.3) is 22.3 Å². The third kappa shape index (κ3) is 3.95. The number of nitrogens with two attached hydrogens (primary N) is 1. The van der Waals surface area contributed by atoms with Gasteiger partial charge in [-0.1, -0.05) is 42.5 Å². The summed E-state index contributed by atoms with van der Waals surface area (Å²) in [4.78, 5) is 32.9. The summed E-state index contributed by atoms with van der Waals surface area (Å²) in [7, 11) is 0. The van der Waals surface area contributed by atoms with E-state index < -0.39 is 0 Å².